The van der Waals surface area contributed by atoms with E-state index >= 15 is 0 Å². The quantitative estimate of drug-likeness (QED) is 0.606. The van der Waals surface area contributed by atoms with E-state index in [1.807, 2.05) is 0 Å². The Labute approximate surface area is 69.1 Å². The van der Waals surface area contributed by atoms with Gasteiger partial charge in [-0.15, -0.1) is 11.6 Å². The lowest BCUT2D eigenvalue weighted by molar-refractivity contribution is 0.530. The third kappa shape index (κ3) is 1.82. The zero-order valence-electron chi connectivity index (χ0n) is 5.06. The topological polar surface area (TPSA) is 26.0 Å². The molecule has 0 spiro atoms. The third-order valence-corrected chi connectivity index (χ3v) is 3.61. The molecule has 1 saturated carbocycles. The highest BCUT2D eigenvalue weighted by molar-refractivity contribution is 9.09. The first-order valence-electron chi connectivity index (χ1n) is 3.09. The Balaban J connectivity index is 2.41. The van der Waals surface area contributed by atoms with Crippen LogP contribution in [-0.2, 0) is 0 Å². The van der Waals surface area contributed by atoms with Gasteiger partial charge in [0.1, 0.15) is 0 Å². The van der Waals surface area contributed by atoms with Gasteiger partial charge in [-0.2, -0.15) is 0 Å². The maximum Gasteiger partial charge on any atom is 0.0507 e. The molecule has 0 aromatic rings. The van der Waals surface area contributed by atoms with Gasteiger partial charge in [0.15, 0.2) is 0 Å². The maximum atomic E-state index is 5.88. The zero-order valence-corrected chi connectivity index (χ0v) is 7.40. The molecule has 0 amide bonds. The summed E-state index contributed by atoms with van der Waals surface area (Å²) in [6, 6.07) is 0.234. The van der Waals surface area contributed by atoms with Crippen LogP contribution in [0.4, 0.5) is 0 Å². The molecule has 0 aliphatic heterocycles. The normalized spacial score (nSPS) is 45.0. The Hall–Kier alpha value is 0.730. The van der Waals surface area contributed by atoms with Crippen LogP contribution in [0.5, 0.6) is 0 Å². The van der Waals surface area contributed by atoms with E-state index in [1.54, 1.807) is 0 Å². The van der Waals surface area contributed by atoms with Crippen molar-refractivity contribution >= 4 is 27.5 Å². The fourth-order valence-electron chi connectivity index (χ4n) is 0.973. The largest absolute Gasteiger partial charge is 0.327 e. The minimum absolute atomic E-state index is 0.119. The lowest BCUT2D eigenvalue weighted by Gasteiger charge is -2.27. The van der Waals surface area contributed by atoms with Crippen LogP contribution in [0, 0.1) is 6.42 Å². The van der Waals surface area contributed by atoms with Crippen LogP contribution < -0.4 is 5.73 Å². The van der Waals surface area contributed by atoms with Gasteiger partial charge in [0.2, 0.25) is 0 Å². The third-order valence-electron chi connectivity index (χ3n) is 1.61. The van der Waals surface area contributed by atoms with Gasteiger partial charge in [0, 0.05) is 10.9 Å². The molecule has 0 aromatic heterocycles. The summed E-state index contributed by atoms with van der Waals surface area (Å²) in [7, 11) is 0. The molecule has 1 rings (SSSR count). The highest BCUT2D eigenvalue weighted by Gasteiger charge is 2.27. The van der Waals surface area contributed by atoms with Gasteiger partial charge in [-0.25, -0.2) is 0 Å². The molecule has 53 valence electrons. The molecule has 1 radical (unpaired) electrons. The first-order valence-corrected chi connectivity index (χ1v) is 4.44. The Morgan fingerprint density at radius 2 is 2.33 bits per heavy atom. The summed E-state index contributed by atoms with van der Waals surface area (Å²) in [5.74, 6) is 0. The Morgan fingerprint density at radius 3 is 2.78 bits per heavy atom. The van der Waals surface area contributed by atoms with Crippen molar-refractivity contribution in [1.29, 1.82) is 0 Å². The highest BCUT2D eigenvalue weighted by Crippen LogP contribution is 2.26. The van der Waals surface area contributed by atoms with E-state index in [9.17, 15) is 0 Å². The number of halogens is 2. The van der Waals surface area contributed by atoms with Gasteiger partial charge in [-0.3, -0.25) is 0 Å². The first kappa shape index (κ1) is 7.83. The monoisotopic (exact) mass is 210 g/mol. The summed E-state index contributed by atoms with van der Waals surface area (Å²) in [6.45, 7) is 0. The Kier molecular flexibility index (Phi) is 2.80. The van der Waals surface area contributed by atoms with Crippen LogP contribution in [0.15, 0.2) is 0 Å². The molecule has 1 fully saturated rings. The molecule has 0 heterocycles. The Morgan fingerprint density at radius 1 is 1.67 bits per heavy atom. The van der Waals surface area contributed by atoms with Crippen LogP contribution >= 0.6 is 27.5 Å². The van der Waals surface area contributed by atoms with E-state index in [4.69, 9.17) is 17.3 Å². The van der Waals surface area contributed by atoms with Crippen molar-refractivity contribution in [2.45, 2.75) is 29.1 Å². The van der Waals surface area contributed by atoms with Crippen LogP contribution in [0.3, 0.4) is 0 Å². The fourth-order valence-corrected chi connectivity index (χ4v) is 1.77. The van der Waals surface area contributed by atoms with E-state index in [0.29, 0.717) is 0 Å². The molecule has 9 heavy (non-hydrogen) atoms. The predicted molar refractivity (Wildman–Crippen MR) is 43.9 cm³/mol. The molecule has 1 aliphatic carbocycles. The molecule has 3 atom stereocenters. The molecule has 1 nitrogen and oxygen atoms in total. The number of nitrogens with two attached hydrogens (primary N) is 1. The summed E-state index contributed by atoms with van der Waals surface area (Å²) >= 11 is 9.31. The first-order chi connectivity index (χ1) is 4.22. The summed E-state index contributed by atoms with van der Waals surface area (Å²) < 4.78 is 0. The Bertz CT molecular complexity index is 89.1. The maximum absolute atomic E-state index is 5.88. The molecule has 0 saturated heterocycles. The predicted octanol–water partition coefficient (Wildman–Crippen LogP) is 1.68. The molecule has 0 bridgehead atoms. The minimum atomic E-state index is 0.119. The minimum Gasteiger partial charge on any atom is -0.327 e. The van der Waals surface area contributed by atoms with Crippen molar-refractivity contribution in [3.8, 4) is 0 Å². The average Bonchev–Trinajstić information content (AvgIpc) is 1.83. The van der Waals surface area contributed by atoms with Crippen molar-refractivity contribution in [1.82, 2.24) is 0 Å². The molecule has 1 aliphatic rings. The number of hydrogen-bond acceptors (Lipinski definition) is 1. The van der Waals surface area contributed by atoms with Crippen LogP contribution in [0.25, 0.3) is 0 Å². The van der Waals surface area contributed by atoms with Gasteiger partial charge in [-0.1, -0.05) is 15.9 Å². The van der Waals surface area contributed by atoms with Crippen molar-refractivity contribution in [2.75, 3.05) is 0 Å². The van der Waals surface area contributed by atoms with Crippen molar-refractivity contribution in [3.05, 3.63) is 6.42 Å². The molecular formula is C6H10BrClN. The van der Waals surface area contributed by atoms with E-state index in [-0.39, 0.29) is 16.2 Å². The second kappa shape index (κ2) is 3.22. The van der Waals surface area contributed by atoms with Gasteiger partial charge >= 0.3 is 0 Å². The van der Waals surface area contributed by atoms with Crippen LogP contribution in [-0.4, -0.2) is 16.2 Å². The van der Waals surface area contributed by atoms with Gasteiger partial charge < -0.3 is 5.73 Å². The molecular weight excluding hydrogens is 201 g/mol. The number of hydrogen-bond donors (Lipinski definition) is 1. The second-order valence-electron chi connectivity index (χ2n) is 2.37. The van der Waals surface area contributed by atoms with Crippen LogP contribution in [0.2, 0.25) is 0 Å². The average molecular weight is 212 g/mol. The number of alkyl halides is 2. The van der Waals surface area contributed by atoms with E-state index < -0.39 is 0 Å². The summed E-state index contributed by atoms with van der Waals surface area (Å²) in [6.07, 6.45) is 4.21. The van der Waals surface area contributed by atoms with Gasteiger partial charge in [-0.05, 0) is 19.3 Å². The van der Waals surface area contributed by atoms with Crippen molar-refractivity contribution < 1.29 is 0 Å². The fraction of sp³-hybridized carbons (Fsp3) is 0.833. The van der Waals surface area contributed by atoms with Gasteiger partial charge in [0.05, 0.1) is 5.38 Å². The highest BCUT2D eigenvalue weighted by atomic mass is 79.9. The van der Waals surface area contributed by atoms with Crippen LogP contribution in [0.1, 0.15) is 12.8 Å². The zero-order chi connectivity index (χ0) is 6.85. The summed E-state index contributed by atoms with van der Waals surface area (Å²) in [4.78, 5) is 0.271. The molecule has 2 N–H and O–H groups in total. The van der Waals surface area contributed by atoms with E-state index in [2.05, 4.69) is 22.4 Å². The lowest BCUT2D eigenvalue weighted by Crippen LogP contribution is -2.40. The molecule has 0 unspecified atom stereocenters. The van der Waals surface area contributed by atoms with Crippen molar-refractivity contribution in [3.63, 3.8) is 0 Å². The molecule has 3 heteroatoms. The van der Waals surface area contributed by atoms with E-state index in [0.717, 1.165) is 12.8 Å². The smallest absolute Gasteiger partial charge is 0.0507 e. The summed E-state index contributed by atoms with van der Waals surface area (Å²) in [5.41, 5.74) is 5.72. The number of rotatable bonds is 0. The van der Waals surface area contributed by atoms with Crippen molar-refractivity contribution in [2.24, 2.45) is 5.73 Å². The SMILES string of the molecule is N[C@H]1CC[CH][C@H](Cl)[C@@H]1Br. The van der Waals surface area contributed by atoms with Gasteiger partial charge in [0.25, 0.3) is 0 Å². The second-order valence-corrected chi connectivity index (χ2v) is 3.93. The standard InChI is InChI=1S/C6H10BrClN/c7-6-4(8)2-1-3-5(6)9/h2,4-6H,1,3,9H2/t4-,5-,6-/m0/s1. The lowest BCUT2D eigenvalue weighted by atomic mass is 9.96. The van der Waals surface area contributed by atoms with E-state index in [1.165, 1.54) is 0 Å². The summed E-state index contributed by atoms with van der Waals surface area (Å²) in [5, 5.41) is 0.119. The molecule has 0 aromatic carbocycles.